The van der Waals surface area contributed by atoms with Crippen molar-refractivity contribution in [2.24, 2.45) is 0 Å². The third-order valence-electron chi connectivity index (χ3n) is 4.69. The molecule has 2 aromatic heterocycles. The number of aromatic nitrogens is 2. The zero-order chi connectivity index (χ0) is 16.8. The Labute approximate surface area is 147 Å². The lowest BCUT2D eigenvalue weighted by atomic mass is 9.97. The van der Waals surface area contributed by atoms with Gasteiger partial charge in [-0.2, -0.15) is 0 Å². The largest absolute Gasteiger partial charge is 0.343 e. The van der Waals surface area contributed by atoms with Crippen LogP contribution in [-0.4, -0.2) is 33.9 Å². The van der Waals surface area contributed by atoms with E-state index in [0.717, 1.165) is 50.0 Å². The number of hydrogen-bond donors (Lipinski definition) is 0. The summed E-state index contributed by atoms with van der Waals surface area (Å²) < 4.78 is 0. The Balaban J connectivity index is 1.54. The Bertz CT molecular complexity index is 648. The Hall–Kier alpha value is -1.75. The molecule has 5 heteroatoms. The van der Waals surface area contributed by atoms with Crippen LogP contribution in [0.1, 0.15) is 56.4 Å². The number of rotatable bonds is 6. The highest BCUT2D eigenvalue weighted by Crippen LogP contribution is 2.32. The maximum absolute atomic E-state index is 12.2. The molecule has 1 amide bonds. The van der Waals surface area contributed by atoms with E-state index in [2.05, 4.69) is 17.3 Å². The molecular weight excluding hydrogens is 318 g/mol. The van der Waals surface area contributed by atoms with Crippen molar-refractivity contribution in [3.05, 3.63) is 34.9 Å². The molecule has 1 aliphatic heterocycles. The summed E-state index contributed by atoms with van der Waals surface area (Å²) in [7, 11) is 0. The predicted octanol–water partition coefficient (Wildman–Crippen LogP) is 4.49. The molecule has 0 saturated carbocycles. The van der Waals surface area contributed by atoms with Crippen molar-refractivity contribution in [1.29, 1.82) is 0 Å². The molecule has 4 nitrogen and oxygen atoms in total. The first-order valence-corrected chi connectivity index (χ1v) is 9.79. The van der Waals surface area contributed by atoms with Crippen molar-refractivity contribution in [1.82, 2.24) is 14.9 Å². The molecule has 1 saturated heterocycles. The number of likely N-dealkylation sites (tertiary alicyclic amines) is 1. The van der Waals surface area contributed by atoms with Gasteiger partial charge in [-0.15, -0.1) is 11.3 Å². The zero-order valence-corrected chi connectivity index (χ0v) is 15.1. The molecule has 1 fully saturated rings. The van der Waals surface area contributed by atoms with Crippen molar-refractivity contribution >= 4 is 17.2 Å². The van der Waals surface area contributed by atoms with Crippen LogP contribution in [0.2, 0.25) is 0 Å². The van der Waals surface area contributed by atoms with E-state index in [1.54, 1.807) is 23.7 Å². The standard InChI is InChI=1S/C19H25N3OS/c1-2-3-4-5-18(23)22-12-8-16(9-13-22)19-21-17(14-24-19)15-6-10-20-11-7-15/h6-7,10-11,14,16H,2-5,8-9,12-13H2,1H3. The topological polar surface area (TPSA) is 46.1 Å². The molecule has 3 rings (SSSR count). The third kappa shape index (κ3) is 4.20. The van der Waals surface area contributed by atoms with Crippen LogP contribution in [0.15, 0.2) is 29.9 Å². The van der Waals surface area contributed by atoms with Gasteiger partial charge in [0.2, 0.25) is 5.91 Å². The highest BCUT2D eigenvalue weighted by Gasteiger charge is 2.25. The van der Waals surface area contributed by atoms with Gasteiger partial charge in [0.05, 0.1) is 10.7 Å². The van der Waals surface area contributed by atoms with Crippen LogP contribution in [0.5, 0.6) is 0 Å². The van der Waals surface area contributed by atoms with Crippen LogP contribution in [0.3, 0.4) is 0 Å². The first-order valence-electron chi connectivity index (χ1n) is 8.91. The van der Waals surface area contributed by atoms with Gasteiger partial charge in [0.25, 0.3) is 0 Å². The number of nitrogens with zero attached hydrogens (tertiary/aromatic N) is 3. The van der Waals surface area contributed by atoms with E-state index in [0.29, 0.717) is 18.2 Å². The van der Waals surface area contributed by atoms with Crippen LogP contribution < -0.4 is 0 Å². The molecule has 3 heterocycles. The Morgan fingerprint density at radius 3 is 2.71 bits per heavy atom. The van der Waals surface area contributed by atoms with Gasteiger partial charge in [-0.25, -0.2) is 4.98 Å². The van der Waals surface area contributed by atoms with Crippen molar-refractivity contribution in [2.45, 2.75) is 51.4 Å². The number of pyridine rings is 1. The highest BCUT2D eigenvalue weighted by atomic mass is 32.1. The summed E-state index contributed by atoms with van der Waals surface area (Å²) >= 11 is 1.74. The predicted molar refractivity (Wildman–Crippen MR) is 98.0 cm³/mol. The van der Waals surface area contributed by atoms with Crippen LogP contribution >= 0.6 is 11.3 Å². The summed E-state index contributed by atoms with van der Waals surface area (Å²) in [6.07, 6.45) is 9.72. The molecule has 0 bridgehead atoms. The average molecular weight is 343 g/mol. The van der Waals surface area contributed by atoms with Gasteiger partial charge in [-0.1, -0.05) is 19.8 Å². The number of carbonyl (C=O) groups is 1. The van der Waals surface area contributed by atoms with Gasteiger partial charge in [0.1, 0.15) is 0 Å². The second-order valence-electron chi connectivity index (χ2n) is 6.42. The minimum atomic E-state index is 0.332. The van der Waals surface area contributed by atoms with Crippen LogP contribution in [0.4, 0.5) is 0 Å². The highest BCUT2D eigenvalue weighted by molar-refractivity contribution is 7.10. The first-order chi connectivity index (χ1) is 11.8. The number of piperidine rings is 1. The maximum Gasteiger partial charge on any atom is 0.222 e. The summed E-state index contributed by atoms with van der Waals surface area (Å²) in [5, 5.41) is 3.34. The van der Waals surface area contributed by atoms with Gasteiger partial charge in [-0.05, 0) is 31.4 Å². The summed E-state index contributed by atoms with van der Waals surface area (Å²) in [5.74, 6) is 0.823. The number of carbonyl (C=O) groups excluding carboxylic acids is 1. The molecule has 1 aliphatic rings. The number of unbranched alkanes of at least 4 members (excludes halogenated alkanes) is 2. The molecule has 0 unspecified atom stereocenters. The van der Waals surface area contributed by atoms with E-state index < -0.39 is 0 Å². The fraction of sp³-hybridized carbons (Fsp3) is 0.526. The minimum absolute atomic E-state index is 0.332. The van der Waals surface area contributed by atoms with Crippen LogP contribution in [0, 0.1) is 0 Å². The molecule has 2 aromatic rings. The first kappa shape index (κ1) is 17.1. The Kier molecular flexibility index (Phi) is 5.96. The summed E-state index contributed by atoms with van der Waals surface area (Å²) in [4.78, 5) is 23.1. The van der Waals surface area contributed by atoms with Gasteiger partial charge < -0.3 is 4.90 Å². The van der Waals surface area contributed by atoms with Crippen LogP contribution in [-0.2, 0) is 4.79 Å². The van der Waals surface area contributed by atoms with Gasteiger partial charge in [0.15, 0.2) is 0 Å². The van der Waals surface area contributed by atoms with E-state index in [1.807, 2.05) is 17.0 Å². The Morgan fingerprint density at radius 2 is 2.00 bits per heavy atom. The lowest BCUT2D eigenvalue weighted by Gasteiger charge is -2.31. The van der Waals surface area contributed by atoms with Crippen LogP contribution in [0.25, 0.3) is 11.3 Å². The number of amides is 1. The molecule has 0 radical (unpaired) electrons. The van der Waals surface area contributed by atoms with Gasteiger partial charge >= 0.3 is 0 Å². The lowest BCUT2D eigenvalue weighted by molar-refractivity contribution is -0.132. The second-order valence-corrected chi connectivity index (χ2v) is 7.31. The number of thiazole rings is 1. The maximum atomic E-state index is 12.2. The molecule has 0 aromatic carbocycles. The van der Waals surface area contributed by atoms with Crippen molar-refractivity contribution < 1.29 is 4.79 Å². The van der Waals surface area contributed by atoms with Crippen molar-refractivity contribution in [3.8, 4) is 11.3 Å². The quantitative estimate of drug-likeness (QED) is 0.726. The monoisotopic (exact) mass is 343 g/mol. The normalized spacial score (nSPS) is 15.6. The zero-order valence-electron chi connectivity index (χ0n) is 14.3. The fourth-order valence-electron chi connectivity index (χ4n) is 3.19. The molecule has 128 valence electrons. The van der Waals surface area contributed by atoms with E-state index in [9.17, 15) is 4.79 Å². The molecule has 0 atom stereocenters. The lowest BCUT2D eigenvalue weighted by Crippen LogP contribution is -2.37. The number of hydrogen-bond acceptors (Lipinski definition) is 4. The third-order valence-corrected chi connectivity index (χ3v) is 5.70. The van der Waals surface area contributed by atoms with E-state index in [-0.39, 0.29) is 0 Å². The molecule has 0 spiro atoms. The Morgan fingerprint density at radius 1 is 1.25 bits per heavy atom. The molecule has 0 aliphatic carbocycles. The summed E-state index contributed by atoms with van der Waals surface area (Å²) in [6, 6.07) is 3.99. The molecule has 0 N–H and O–H groups in total. The smallest absolute Gasteiger partial charge is 0.222 e. The van der Waals surface area contributed by atoms with Crippen molar-refractivity contribution in [3.63, 3.8) is 0 Å². The minimum Gasteiger partial charge on any atom is -0.343 e. The summed E-state index contributed by atoms with van der Waals surface area (Å²) in [6.45, 7) is 3.92. The molecular formula is C19H25N3OS. The van der Waals surface area contributed by atoms with Gasteiger partial charge in [0, 0.05) is 48.8 Å². The summed E-state index contributed by atoms with van der Waals surface area (Å²) in [5.41, 5.74) is 2.16. The van der Waals surface area contributed by atoms with E-state index in [4.69, 9.17) is 4.98 Å². The van der Waals surface area contributed by atoms with Crippen molar-refractivity contribution in [2.75, 3.05) is 13.1 Å². The SMILES string of the molecule is CCCCCC(=O)N1CCC(c2nc(-c3ccncc3)cs2)CC1. The van der Waals surface area contributed by atoms with E-state index >= 15 is 0 Å². The fourth-order valence-corrected chi connectivity index (χ4v) is 4.19. The van der Waals surface area contributed by atoms with E-state index in [1.165, 1.54) is 11.4 Å². The average Bonchev–Trinajstić information content (AvgIpc) is 3.13. The van der Waals surface area contributed by atoms with Gasteiger partial charge in [-0.3, -0.25) is 9.78 Å². The second kappa shape index (κ2) is 8.38. The molecule has 24 heavy (non-hydrogen) atoms.